The molecule has 0 bridgehead atoms. The van der Waals surface area contributed by atoms with Gasteiger partial charge in [-0.1, -0.05) is 18.2 Å². The second-order valence-electron chi connectivity index (χ2n) is 4.25. The van der Waals surface area contributed by atoms with Crippen molar-refractivity contribution in [1.29, 1.82) is 0 Å². The van der Waals surface area contributed by atoms with Crippen LogP contribution >= 0.6 is 0 Å². The first-order valence-electron chi connectivity index (χ1n) is 5.63. The van der Waals surface area contributed by atoms with E-state index in [-0.39, 0.29) is 0 Å². The lowest BCUT2D eigenvalue weighted by Crippen LogP contribution is -2.26. The molecule has 0 heterocycles. The summed E-state index contributed by atoms with van der Waals surface area (Å²) in [5.74, 6) is 1.000. The monoisotopic (exact) mass is 222 g/mol. The third kappa shape index (κ3) is 3.83. The highest BCUT2D eigenvalue weighted by Crippen LogP contribution is 2.22. The molecule has 1 N–H and O–H groups in total. The Morgan fingerprint density at radius 2 is 2.06 bits per heavy atom. The first-order chi connectivity index (χ1) is 7.65. The number of benzene rings is 1. The first-order valence-corrected chi connectivity index (χ1v) is 5.63. The van der Waals surface area contributed by atoms with E-state index in [1.807, 2.05) is 0 Å². The standard InChI is InChI=1S/C13H22N2O/c1-11-6-5-7-12(13(11)16-4)10-14-8-9-15(2)3/h5-7,14H,8-10H2,1-4H3. The van der Waals surface area contributed by atoms with Gasteiger partial charge in [0.1, 0.15) is 5.75 Å². The quantitative estimate of drug-likeness (QED) is 0.741. The topological polar surface area (TPSA) is 24.5 Å². The fourth-order valence-electron chi connectivity index (χ4n) is 1.67. The normalized spacial score (nSPS) is 10.8. The van der Waals surface area contributed by atoms with Crippen molar-refractivity contribution in [2.45, 2.75) is 13.5 Å². The van der Waals surface area contributed by atoms with E-state index >= 15 is 0 Å². The Morgan fingerprint density at radius 1 is 1.31 bits per heavy atom. The highest BCUT2D eigenvalue weighted by molar-refractivity contribution is 5.40. The van der Waals surface area contributed by atoms with Crippen LogP contribution in [-0.4, -0.2) is 39.2 Å². The summed E-state index contributed by atoms with van der Waals surface area (Å²) in [7, 11) is 5.88. The zero-order chi connectivity index (χ0) is 12.0. The Kier molecular flexibility index (Phi) is 5.29. The molecule has 90 valence electrons. The van der Waals surface area contributed by atoms with Crippen molar-refractivity contribution >= 4 is 0 Å². The Bertz CT molecular complexity index is 324. The molecule has 0 saturated carbocycles. The molecule has 0 radical (unpaired) electrons. The van der Waals surface area contributed by atoms with Crippen LogP contribution in [0, 0.1) is 6.92 Å². The van der Waals surface area contributed by atoms with E-state index in [1.165, 1.54) is 11.1 Å². The molecule has 0 aliphatic heterocycles. The van der Waals surface area contributed by atoms with Crippen LogP contribution in [0.15, 0.2) is 18.2 Å². The predicted octanol–water partition coefficient (Wildman–Crippen LogP) is 1.65. The summed E-state index contributed by atoms with van der Waals surface area (Å²) in [4.78, 5) is 2.17. The maximum Gasteiger partial charge on any atom is 0.126 e. The number of nitrogens with one attached hydrogen (secondary N) is 1. The molecule has 3 heteroatoms. The molecular weight excluding hydrogens is 200 g/mol. The number of rotatable bonds is 6. The van der Waals surface area contributed by atoms with Crippen LogP contribution in [0.5, 0.6) is 5.75 Å². The van der Waals surface area contributed by atoms with Gasteiger partial charge >= 0.3 is 0 Å². The van der Waals surface area contributed by atoms with Crippen molar-refractivity contribution in [3.8, 4) is 5.75 Å². The molecule has 1 aromatic rings. The second-order valence-corrected chi connectivity index (χ2v) is 4.25. The van der Waals surface area contributed by atoms with Crippen LogP contribution in [0.2, 0.25) is 0 Å². The Balaban J connectivity index is 2.50. The lowest BCUT2D eigenvalue weighted by atomic mass is 10.1. The van der Waals surface area contributed by atoms with Crippen molar-refractivity contribution in [2.75, 3.05) is 34.3 Å². The fraction of sp³-hybridized carbons (Fsp3) is 0.538. The number of hydrogen-bond acceptors (Lipinski definition) is 3. The minimum absolute atomic E-state index is 0.860. The molecule has 0 spiro atoms. The Labute approximate surface area is 98.4 Å². The van der Waals surface area contributed by atoms with Crippen LogP contribution in [0.4, 0.5) is 0 Å². The number of nitrogens with zero attached hydrogens (tertiary/aromatic N) is 1. The van der Waals surface area contributed by atoms with Gasteiger partial charge in [-0.25, -0.2) is 0 Å². The third-order valence-electron chi connectivity index (χ3n) is 2.55. The SMILES string of the molecule is COc1c(C)cccc1CNCCN(C)C. The molecule has 0 saturated heterocycles. The van der Waals surface area contributed by atoms with Crippen molar-refractivity contribution in [3.63, 3.8) is 0 Å². The largest absolute Gasteiger partial charge is 0.496 e. The molecular formula is C13H22N2O. The summed E-state index contributed by atoms with van der Waals surface area (Å²) < 4.78 is 5.40. The second kappa shape index (κ2) is 6.51. The van der Waals surface area contributed by atoms with Gasteiger partial charge < -0.3 is 15.0 Å². The summed E-state index contributed by atoms with van der Waals surface area (Å²) in [6, 6.07) is 6.25. The minimum Gasteiger partial charge on any atom is -0.496 e. The number of hydrogen-bond donors (Lipinski definition) is 1. The molecule has 0 aliphatic rings. The van der Waals surface area contributed by atoms with Crippen LogP contribution in [-0.2, 0) is 6.54 Å². The highest BCUT2D eigenvalue weighted by Gasteiger charge is 2.04. The number of methoxy groups -OCH3 is 1. The van der Waals surface area contributed by atoms with E-state index in [9.17, 15) is 0 Å². The number of ether oxygens (including phenoxy) is 1. The fourth-order valence-corrected chi connectivity index (χ4v) is 1.67. The van der Waals surface area contributed by atoms with Gasteiger partial charge in [0.2, 0.25) is 0 Å². The van der Waals surface area contributed by atoms with Gasteiger partial charge in [-0.15, -0.1) is 0 Å². The number of likely N-dealkylation sites (N-methyl/N-ethyl adjacent to an activating group) is 1. The van der Waals surface area contributed by atoms with Crippen LogP contribution in [0.25, 0.3) is 0 Å². The molecule has 0 aliphatic carbocycles. The third-order valence-corrected chi connectivity index (χ3v) is 2.55. The molecule has 0 aromatic heterocycles. The molecule has 16 heavy (non-hydrogen) atoms. The summed E-state index contributed by atoms with van der Waals surface area (Å²) in [6.45, 7) is 4.97. The zero-order valence-electron chi connectivity index (χ0n) is 10.7. The molecule has 0 fully saturated rings. The van der Waals surface area contributed by atoms with Crippen molar-refractivity contribution in [1.82, 2.24) is 10.2 Å². The summed E-state index contributed by atoms with van der Waals surface area (Å²) >= 11 is 0. The number of para-hydroxylation sites is 1. The highest BCUT2D eigenvalue weighted by atomic mass is 16.5. The zero-order valence-corrected chi connectivity index (χ0v) is 10.7. The maximum atomic E-state index is 5.40. The van der Waals surface area contributed by atoms with Crippen LogP contribution < -0.4 is 10.1 Å². The Morgan fingerprint density at radius 3 is 2.69 bits per heavy atom. The van der Waals surface area contributed by atoms with E-state index < -0.39 is 0 Å². The smallest absolute Gasteiger partial charge is 0.126 e. The van der Waals surface area contributed by atoms with Crippen LogP contribution in [0.1, 0.15) is 11.1 Å². The van der Waals surface area contributed by atoms with Crippen LogP contribution in [0.3, 0.4) is 0 Å². The molecule has 0 amide bonds. The van der Waals surface area contributed by atoms with Gasteiger partial charge in [0.25, 0.3) is 0 Å². The van der Waals surface area contributed by atoms with E-state index in [0.29, 0.717) is 0 Å². The average Bonchev–Trinajstić information content (AvgIpc) is 2.24. The van der Waals surface area contributed by atoms with E-state index in [4.69, 9.17) is 4.74 Å². The van der Waals surface area contributed by atoms with E-state index in [0.717, 1.165) is 25.4 Å². The molecule has 1 rings (SSSR count). The van der Waals surface area contributed by atoms with Gasteiger partial charge in [0, 0.05) is 25.2 Å². The van der Waals surface area contributed by atoms with Gasteiger partial charge in [0.15, 0.2) is 0 Å². The van der Waals surface area contributed by atoms with E-state index in [1.54, 1.807) is 7.11 Å². The van der Waals surface area contributed by atoms with E-state index in [2.05, 4.69) is 49.4 Å². The first kappa shape index (κ1) is 13.0. The lowest BCUT2D eigenvalue weighted by Gasteiger charge is -2.13. The van der Waals surface area contributed by atoms with Crippen molar-refractivity contribution < 1.29 is 4.74 Å². The molecule has 0 unspecified atom stereocenters. The van der Waals surface area contributed by atoms with Gasteiger partial charge in [-0.3, -0.25) is 0 Å². The number of aryl methyl sites for hydroxylation is 1. The minimum atomic E-state index is 0.860. The molecule has 1 aromatic carbocycles. The summed E-state index contributed by atoms with van der Waals surface area (Å²) in [6.07, 6.45) is 0. The predicted molar refractivity (Wildman–Crippen MR) is 68.0 cm³/mol. The maximum absolute atomic E-state index is 5.40. The van der Waals surface area contributed by atoms with Crippen molar-refractivity contribution in [3.05, 3.63) is 29.3 Å². The molecule has 3 nitrogen and oxygen atoms in total. The summed E-state index contributed by atoms with van der Waals surface area (Å²) in [5.41, 5.74) is 2.41. The Hall–Kier alpha value is -1.06. The molecule has 0 atom stereocenters. The van der Waals surface area contributed by atoms with Gasteiger partial charge in [-0.05, 0) is 26.6 Å². The summed E-state index contributed by atoms with van der Waals surface area (Å²) in [5, 5.41) is 3.41. The van der Waals surface area contributed by atoms with Gasteiger partial charge in [0.05, 0.1) is 7.11 Å². The average molecular weight is 222 g/mol. The lowest BCUT2D eigenvalue weighted by molar-refractivity contribution is 0.391. The van der Waals surface area contributed by atoms with Crippen molar-refractivity contribution in [2.24, 2.45) is 0 Å². The van der Waals surface area contributed by atoms with Gasteiger partial charge in [-0.2, -0.15) is 0 Å².